The van der Waals surface area contributed by atoms with Crippen molar-refractivity contribution in [2.24, 2.45) is 0 Å². The third-order valence-corrected chi connectivity index (χ3v) is 1.69. The van der Waals surface area contributed by atoms with E-state index < -0.39 is 0 Å². The van der Waals surface area contributed by atoms with Crippen LogP contribution in [0.3, 0.4) is 0 Å². The Morgan fingerprint density at radius 2 is 2.33 bits per heavy atom. The predicted octanol–water partition coefficient (Wildman–Crippen LogP) is 3.85. The fourth-order valence-electron chi connectivity index (χ4n) is 0.975. The lowest BCUT2D eigenvalue weighted by Gasteiger charge is -1.76. The molecule has 12 heavy (non-hydrogen) atoms. The highest BCUT2D eigenvalue weighted by atomic mass is 16.3. The van der Waals surface area contributed by atoms with E-state index in [9.17, 15) is 5.11 Å². The van der Waals surface area contributed by atoms with E-state index in [1.54, 1.807) is 6.08 Å². The van der Waals surface area contributed by atoms with Crippen molar-refractivity contribution in [3.8, 4) is 0 Å². The van der Waals surface area contributed by atoms with E-state index >= 15 is 0 Å². The van der Waals surface area contributed by atoms with Gasteiger partial charge >= 0.3 is 0 Å². The Bertz CT molecular complexity index is 145. The zero-order valence-corrected chi connectivity index (χ0v) is 8.18. The first-order chi connectivity index (χ1) is 5.81. The summed E-state index contributed by atoms with van der Waals surface area (Å²) >= 11 is 0. The fraction of sp³-hybridized carbons (Fsp3) is 0.636. The molecule has 0 aromatic carbocycles. The van der Waals surface area contributed by atoms with Gasteiger partial charge in [-0.2, -0.15) is 0 Å². The number of hydrogen-bond donors (Lipinski definition) is 0. The Balaban J connectivity index is 0.000000202. The van der Waals surface area contributed by atoms with E-state index in [1.807, 2.05) is 0 Å². The molecule has 0 heterocycles. The van der Waals surface area contributed by atoms with E-state index in [2.05, 4.69) is 26.0 Å². The molecule has 0 aromatic heterocycles. The van der Waals surface area contributed by atoms with Gasteiger partial charge in [0.15, 0.2) is 5.76 Å². The molecule has 0 aliphatic heterocycles. The van der Waals surface area contributed by atoms with E-state index in [1.165, 1.54) is 12.8 Å². The molecular formula is C11H19O. The Morgan fingerprint density at radius 3 is 2.50 bits per heavy atom. The fourth-order valence-corrected chi connectivity index (χ4v) is 0.975. The minimum absolute atomic E-state index is 0.329. The summed E-state index contributed by atoms with van der Waals surface area (Å²) < 4.78 is 0. The van der Waals surface area contributed by atoms with E-state index in [4.69, 9.17) is 0 Å². The van der Waals surface area contributed by atoms with Crippen molar-refractivity contribution in [3.05, 3.63) is 24.0 Å². The van der Waals surface area contributed by atoms with Crippen LogP contribution in [0.4, 0.5) is 0 Å². The van der Waals surface area contributed by atoms with Gasteiger partial charge in [0.2, 0.25) is 0 Å². The first-order valence-electron chi connectivity index (χ1n) is 4.78. The molecule has 0 fully saturated rings. The topological polar surface area (TPSA) is 19.9 Å². The summed E-state index contributed by atoms with van der Waals surface area (Å²) in [6.45, 7) is 4.23. The van der Waals surface area contributed by atoms with Crippen molar-refractivity contribution >= 4 is 0 Å². The van der Waals surface area contributed by atoms with Gasteiger partial charge in [-0.3, -0.25) is 5.11 Å². The number of hydrogen-bond acceptors (Lipinski definition) is 0. The monoisotopic (exact) mass is 167 g/mol. The molecule has 0 bridgehead atoms. The lowest BCUT2D eigenvalue weighted by molar-refractivity contribution is 0.287. The molecule has 1 radical (unpaired) electrons. The molecular weight excluding hydrogens is 148 g/mol. The highest BCUT2D eigenvalue weighted by Gasteiger charge is 2.00. The first-order valence-corrected chi connectivity index (χ1v) is 4.78. The molecule has 0 aromatic rings. The quantitative estimate of drug-likeness (QED) is 0.557. The smallest absolute Gasteiger partial charge is 0.151 e. The molecule has 1 nitrogen and oxygen atoms in total. The van der Waals surface area contributed by atoms with Crippen molar-refractivity contribution < 1.29 is 5.11 Å². The summed E-state index contributed by atoms with van der Waals surface area (Å²) in [5.74, 6) is 0.329. The van der Waals surface area contributed by atoms with Crippen LogP contribution in [0, 0.1) is 0 Å². The van der Waals surface area contributed by atoms with Crippen LogP contribution in [0.15, 0.2) is 24.0 Å². The largest absolute Gasteiger partial charge is 0.295 e. The van der Waals surface area contributed by atoms with Crippen LogP contribution in [0.5, 0.6) is 0 Å². The third kappa shape index (κ3) is 7.39. The van der Waals surface area contributed by atoms with E-state index in [0.717, 1.165) is 19.3 Å². The summed E-state index contributed by atoms with van der Waals surface area (Å²) in [6.07, 6.45) is 11.4. The molecule has 0 amide bonds. The lowest BCUT2D eigenvalue weighted by atomic mass is 10.3. The maximum Gasteiger partial charge on any atom is 0.151 e. The normalized spacial score (nSPS) is 15.7. The second kappa shape index (κ2) is 8.38. The zero-order valence-electron chi connectivity index (χ0n) is 8.18. The zero-order chi connectivity index (χ0) is 9.23. The maximum absolute atomic E-state index is 10.2. The van der Waals surface area contributed by atoms with Gasteiger partial charge in [0.05, 0.1) is 0 Å². The molecule has 69 valence electrons. The van der Waals surface area contributed by atoms with Gasteiger partial charge in [-0.25, -0.2) is 0 Å². The van der Waals surface area contributed by atoms with Crippen molar-refractivity contribution in [3.63, 3.8) is 0 Å². The van der Waals surface area contributed by atoms with Crippen LogP contribution in [0.2, 0.25) is 0 Å². The Hall–Kier alpha value is -0.720. The molecule has 0 unspecified atom stereocenters. The Morgan fingerprint density at radius 1 is 1.58 bits per heavy atom. The third-order valence-electron chi connectivity index (χ3n) is 1.69. The minimum atomic E-state index is 0.329. The SMILES string of the molecule is CC=CCCC.[O]C1=CCCC1. The van der Waals surface area contributed by atoms with Crippen LogP contribution in [-0.4, -0.2) is 0 Å². The van der Waals surface area contributed by atoms with Gasteiger partial charge in [-0.15, -0.1) is 0 Å². The molecule has 0 saturated carbocycles. The van der Waals surface area contributed by atoms with Crippen LogP contribution >= 0.6 is 0 Å². The molecule has 0 N–H and O–H groups in total. The average molecular weight is 167 g/mol. The molecule has 1 heteroatoms. The summed E-state index contributed by atoms with van der Waals surface area (Å²) in [6, 6.07) is 0. The van der Waals surface area contributed by atoms with Gasteiger partial charge in [0, 0.05) is 6.42 Å². The summed E-state index contributed by atoms with van der Waals surface area (Å²) in [4.78, 5) is 0. The Kier molecular flexibility index (Phi) is 7.87. The van der Waals surface area contributed by atoms with Gasteiger partial charge < -0.3 is 0 Å². The van der Waals surface area contributed by atoms with Gasteiger partial charge in [0.1, 0.15) is 0 Å². The van der Waals surface area contributed by atoms with Crippen molar-refractivity contribution in [2.75, 3.05) is 0 Å². The second-order valence-electron chi connectivity index (χ2n) is 2.92. The molecule has 1 rings (SSSR count). The number of rotatable bonds is 2. The van der Waals surface area contributed by atoms with Crippen molar-refractivity contribution in [2.45, 2.75) is 46.0 Å². The van der Waals surface area contributed by atoms with Crippen LogP contribution in [0.1, 0.15) is 46.0 Å². The number of allylic oxidation sites excluding steroid dienone is 4. The summed E-state index contributed by atoms with van der Waals surface area (Å²) in [7, 11) is 0. The minimum Gasteiger partial charge on any atom is -0.295 e. The predicted molar refractivity (Wildman–Crippen MR) is 52.3 cm³/mol. The van der Waals surface area contributed by atoms with Crippen molar-refractivity contribution in [1.82, 2.24) is 0 Å². The molecule has 0 saturated heterocycles. The molecule has 1 aliphatic rings. The van der Waals surface area contributed by atoms with Crippen LogP contribution in [-0.2, 0) is 5.11 Å². The van der Waals surface area contributed by atoms with Crippen molar-refractivity contribution in [1.29, 1.82) is 0 Å². The van der Waals surface area contributed by atoms with Gasteiger partial charge in [-0.1, -0.05) is 25.5 Å². The molecule has 1 aliphatic carbocycles. The highest BCUT2D eigenvalue weighted by Crippen LogP contribution is 2.13. The maximum atomic E-state index is 10.2. The molecule has 0 spiro atoms. The summed E-state index contributed by atoms with van der Waals surface area (Å²) in [5, 5.41) is 10.2. The second-order valence-corrected chi connectivity index (χ2v) is 2.92. The van der Waals surface area contributed by atoms with Crippen LogP contribution < -0.4 is 0 Å². The summed E-state index contributed by atoms with van der Waals surface area (Å²) in [5.41, 5.74) is 0. The average Bonchev–Trinajstić information content (AvgIpc) is 2.53. The Labute approximate surface area is 75.8 Å². The number of unbranched alkanes of at least 4 members (excludes halogenated alkanes) is 1. The van der Waals surface area contributed by atoms with E-state index in [0.29, 0.717) is 5.76 Å². The highest BCUT2D eigenvalue weighted by molar-refractivity contribution is 4.96. The van der Waals surface area contributed by atoms with Crippen LogP contribution in [0.25, 0.3) is 0 Å². The van der Waals surface area contributed by atoms with E-state index in [-0.39, 0.29) is 0 Å². The first kappa shape index (κ1) is 11.3. The lowest BCUT2D eigenvalue weighted by Crippen LogP contribution is -1.63. The standard InChI is InChI=1S/C6H12.C5H7O/c1-3-5-6-4-2;6-5-3-1-2-4-5/h3,5H,4,6H2,1-2H3;3H,1-2,4H2. The van der Waals surface area contributed by atoms with Gasteiger partial charge in [0.25, 0.3) is 0 Å². The molecule has 0 atom stereocenters. The van der Waals surface area contributed by atoms with Gasteiger partial charge in [-0.05, 0) is 32.3 Å².